The third kappa shape index (κ3) is 2.01. The highest BCUT2D eigenvalue weighted by atomic mass is 79.9. The van der Waals surface area contributed by atoms with Gasteiger partial charge < -0.3 is 0 Å². The molecule has 0 unspecified atom stereocenters. The van der Waals surface area contributed by atoms with E-state index in [1.165, 1.54) is 4.68 Å². The second kappa shape index (κ2) is 4.49. The molecule has 2 aromatic heterocycles. The molecule has 94 valence electrons. The Hall–Kier alpha value is -1.76. The van der Waals surface area contributed by atoms with Crippen LogP contribution in [-0.4, -0.2) is 19.7 Å². The van der Waals surface area contributed by atoms with Crippen molar-refractivity contribution >= 4 is 21.6 Å². The number of aryl methyl sites for hydroxylation is 2. The molecule has 2 aromatic rings. The lowest BCUT2D eigenvalue weighted by atomic mass is 10.3. The van der Waals surface area contributed by atoms with Crippen LogP contribution >= 0.6 is 15.9 Å². The molecule has 0 aliphatic rings. The van der Waals surface area contributed by atoms with Crippen molar-refractivity contribution < 1.29 is 4.92 Å². The summed E-state index contributed by atoms with van der Waals surface area (Å²) < 4.78 is 2.37. The summed E-state index contributed by atoms with van der Waals surface area (Å²) >= 11 is 3.33. The van der Waals surface area contributed by atoms with E-state index in [9.17, 15) is 10.1 Å². The Balaban J connectivity index is 2.65. The molecule has 2 heterocycles. The Morgan fingerprint density at radius 3 is 2.56 bits per heavy atom. The van der Waals surface area contributed by atoms with Crippen molar-refractivity contribution in [3.63, 3.8) is 0 Å². The van der Waals surface area contributed by atoms with Crippen LogP contribution in [0.25, 0.3) is 5.82 Å². The normalized spacial score (nSPS) is 10.7. The van der Waals surface area contributed by atoms with E-state index in [0.29, 0.717) is 17.2 Å². The lowest BCUT2D eigenvalue weighted by Gasteiger charge is -2.06. The van der Waals surface area contributed by atoms with Crippen LogP contribution in [-0.2, 0) is 0 Å². The van der Waals surface area contributed by atoms with Gasteiger partial charge in [0.15, 0.2) is 5.82 Å². The second-order valence-electron chi connectivity index (χ2n) is 3.98. The van der Waals surface area contributed by atoms with Gasteiger partial charge in [-0.15, -0.1) is 0 Å². The topological polar surface area (TPSA) is 73.8 Å². The third-order valence-corrected chi connectivity index (χ3v) is 3.09. The van der Waals surface area contributed by atoms with E-state index in [1.54, 1.807) is 20.0 Å². The molecule has 0 aliphatic carbocycles. The number of aromatic nitrogens is 3. The maximum absolute atomic E-state index is 11.0. The highest BCUT2D eigenvalue weighted by molar-refractivity contribution is 9.10. The number of pyridine rings is 1. The van der Waals surface area contributed by atoms with Crippen LogP contribution in [0.3, 0.4) is 0 Å². The summed E-state index contributed by atoms with van der Waals surface area (Å²) in [5, 5.41) is 15.1. The molecule has 2 rings (SSSR count). The Bertz CT molecular complexity index is 636. The van der Waals surface area contributed by atoms with Crippen molar-refractivity contribution in [3.05, 3.63) is 43.8 Å². The van der Waals surface area contributed by atoms with Crippen LogP contribution in [0.5, 0.6) is 0 Å². The van der Waals surface area contributed by atoms with Gasteiger partial charge in [-0.05, 0) is 48.3 Å². The van der Waals surface area contributed by atoms with Gasteiger partial charge in [-0.2, -0.15) is 5.10 Å². The van der Waals surface area contributed by atoms with Gasteiger partial charge >= 0.3 is 5.69 Å². The van der Waals surface area contributed by atoms with E-state index in [2.05, 4.69) is 26.0 Å². The monoisotopic (exact) mass is 310 g/mol. The van der Waals surface area contributed by atoms with Gasteiger partial charge in [0, 0.05) is 10.7 Å². The number of rotatable bonds is 2. The molecule has 0 bridgehead atoms. The van der Waals surface area contributed by atoms with Crippen LogP contribution in [0.15, 0.2) is 16.7 Å². The van der Waals surface area contributed by atoms with Crippen molar-refractivity contribution in [1.29, 1.82) is 0 Å². The molecule has 0 saturated heterocycles. The van der Waals surface area contributed by atoms with Gasteiger partial charge in [-0.25, -0.2) is 9.67 Å². The first kappa shape index (κ1) is 12.7. The Morgan fingerprint density at radius 1 is 1.39 bits per heavy atom. The SMILES string of the molecule is Cc1cc(Br)cnc1-n1nc(C)c([N+](=O)[O-])c1C. The smallest absolute Gasteiger partial charge is 0.258 e. The van der Waals surface area contributed by atoms with E-state index in [0.717, 1.165) is 10.0 Å². The summed E-state index contributed by atoms with van der Waals surface area (Å²) in [5.74, 6) is 0.604. The highest BCUT2D eigenvalue weighted by Gasteiger charge is 2.23. The minimum Gasteiger partial charge on any atom is -0.258 e. The molecular weight excluding hydrogens is 300 g/mol. The average molecular weight is 311 g/mol. The zero-order valence-electron chi connectivity index (χ0n) is 10.1. The van der Waals surface area contributed by atoms with Gasteiger partial charge in [0.1, 0.15) is 11.4 Å². The third-order valence-electron chi connectivity index (χ3n) is 2.65. The zero-order chi connectivity index (χ0) is 13.4. The minimum atomic E-state index is -0.414. The molecule has 0 atom stereocenters. The average Bonchev–Trinajstić information content (AvgIpc) is 2.54. The molecule has 6 nitrogen and oxygen atoms in total. The molecule has 7 heteroatoms. The number of nitrogens with zero attached hydrogens (tertiary/aromatic N) is 4. The predicted octanol–water partition coefficient (Wildman–Crippen LogP) is 2.86. The first-order valence-corrected chi connectivity index (χ1v) is 6.04. The molecular formula is C11H11BrN4O2. The quantitative estimate of drug-likeness (QED) is 0.631. The molecule has 0 N–H and O–H groups in total. The van der Waals surface area contributed by atoms with E-state index in [4.69, 9.17) is 0 Å². The number of halogens is 1. The Kier molecular flexibility index (Phi) is 3.16. The maximum Gasteiger partial charge on any atom is 0.313 e. The summed E-state index contributed by atoms with van der Waals surface area (Å²) in [4.78, 5) is 14.8. The van der Waals surface area contributed by atoms with Crippen LogP contribution in [0, 0.1) is 30.9 Å². The summed E-state index contributed by atoms with van der Waals surface area (Å²) in [6.45, 7) is 5.17. The number of hydrogen-bond donors (Lipinski definition) is 0. The van der Waals surface area contributed by atoms with Crippen molar-refractivity contribution in [2.24, 2.45) is 0 Å². The Morgan fingerprint density at radius 2 is 2.06 bits per heavy atom. The van der Waals surface area contributed by atoms with E-state index in [1.807, 2.05) is 13.0 Å². The summed E-state index contributed by atoms with van der Waals surface area (Å²) in [6, 6.07) is 1.89. The van der Waals surface area contributed by atoms with E-state index in [-0.39, 0.29) is 5.69 Å². The predicted molar refractivity (Wildman–Crippen MR) is 69.9 cm³/mol. The largest absolute Gasteiger partial charge is 0.313 e. The highest BCUT2D eigenvalue weighted by Crippen LogP contribution is 2.25. The first-order valence-electron chi connectivity index (χ1n) is 5.25. The number of hydrogen-bond acceptors (Lipinski definition) is 4. The van der Waals surface area contributed by atoms with Crippen LogP contribution < -0.4 is 0 Å². The van der Waals surface area contributed by atoms with Crippen molar-refractivity contribution in [3.8, 4) is 5.82 Å². The molecule has 0 fully saturated rings. The standard InChI is InChI=1S/C11H11BrN4O2/c1-6-4-9(12)5-13-11(6)15-8(3)10(16(17)18)7(2)14-15/h4-5H,1-3H3. The van der Waals surface area contributed by atoms with Crippen molar-refractivity contribution in [2.75, 3.05) is 0 Å². The van der Waals surface area contributed by atoms with Crippen LogP contribution in [0.1, 0.15) is 17.0 Å². The molecule has 0 aromatic carbocycles. The van der Waals surface area contributed by atoms with E-state index < -0.39 is 4.92 Å². The zero-order valence-corrected chi connectivity index (χ0v) is 11.7. The fourth-order valence-electron chi connectivity index (χ4n) is 1.86. The van der Waals surface area contributed by atoms with Gasteiger partial charge in [0.25, 0.3) is 0 Å². The fourth-order valence-corrected chi connectivity index (χ4v) is 2.31. The summed E-state index contributed by atoms with van der Waals surface area (Å²) in [5.41, 5.74) is 1.81. The maximum atomic E-state index is 11.0. The lowest BCUT2D eigenvalue weighted by molar-refractivity contribution is -0.386. The van der Waals surface area contributed by atoms with Gasteiger partial charge in [-0.1, -0.05) is 0 Å². The Labute approximate surface area is 112 Å². The molecule has 0 radical (unpaired) electrons. The van der Waals surface area contributed by atoms with Crippen molar-refractivity contribution in [1.82, 2.24) is 14.8 Å². The van der Waals surface area contributed by atoms with Crippen LogP contribution in [0.4, 0.5) is 5.69 Å². The van der Waals surface area contributed by atoms with Gasteiger partial charge in [0.2, 0.25) is 0 Å². The summed E-state index contributed by atoms with van der Waals surface area (Å²) in [6.07, 6.45) is 1.64. The fraction of sp³-hybridized carbons (Fsp3) is 0.273. The van der Waals surface area contributed by atoms with Crippen LogP contribution in [0.2, 0.25) is 0 Å². The molecule has 0 spiro atoms. The second-order valence-corrected chi connectivity index (χ2v) is 4.90. The number of nitro groups is 1. The minimum absolute atomic E-state index is 0.0409. The molecule has 18 heavy (non-hydrogen) atoms. The van der Waals surface area contributed by atoms with E-state index >= 15 is 0 Å². The van der Waals surface area contributed by atoms with Gasteiger partial charge in [-0.3, -0.25) is 10.1 Å². The molecule has 0 amide bonds. The summed E-state index contributed by atoms with van der Waals surface area (Å²) in [7, 11) is 0. The lowest BCUT2D eigenvalue weighted by Crippen LogP contribution is -2.04. The van der Waals surface area contributed by atoms with Crippen molar-refractivity contribution in [2.45, 2.75) is 20.8 Å². The molecule has 0 saturated carbocycles. The first-order chi connectivity index (χ1) is 8.41. The van der Waals surface area contributed by atoms with Gasteiger partial charge in [0.05, 0.1) is 4.92 Å². The molecule has 0 aliphatic heterocycles.